The number of halogens is 1. The van der Waals surface area contributed by atoms with Crippen LogP contribution in [0.3, 0.4) is 0 Å². The highest BCUT2D eigenvalue weighted by molar-refractivity contribution is 6.30. The second-order valence-corrected chi connectivity index (χ2v) is 4.49. The number of nitrogens with one attached hydrogen (secondary N) is 1. The molecule has 0 aliphatic carbocycles. The lowest BCUT2D eigenvalue weighted by Gasteiger charge is -2.31. The van der Waals surface area contributed by atoms with Gasteiger partial charge < -0.3 is 10.5 Å². The number of hydrogen-bond acceptors (Lipinski definition) is 3. The van der Waals surface area contributed by atoms with Crippen LogP contribution in [0.2, 0.25) is 5.02 Å². The molecule has 0 radical (unpaired) electrons. The summed E-state index contributed by atoms with van der Waals surface area (Å²) in [7, 11) is 1.61. The van der Waals surface area contributed by atoms with Gasteiger partial charge in [-0.2, -0.15) is 0 Å². The fraction of sp³-hybridized carbons (Fsp3) is 0.462. The molecule has 1 rings (SSSR count). The smallest absolute Gasteiger partial charge is 0.242 e. The third kappa shape index (κ3) is 3.22. The highest BCUT2D eigenvalue weighted by Gasteiger charge is 2.36. The van der Waals surface area contributed by atoms with E-state index in [1.54, 1.807) is 19.2 Å². The molecule has 100 valence electrons. The van der Waals surface area contributed by atoms with Crippen LogP contribution in [0.25, 0.3) is 0 Å². The highest BCUT2D eigenvalue weighted by Crippen LogP contribution is 2.26. The van der Waals surface area contributed by atoms with Crippen molar-refractivity contribution >= 4 is 17.5 Å². The Hall–Kier alpha value is -1.10. The third-order valence-corrected chi connectivity index (χ3v) is 3.24. The maximum absolute atomic E-state index is 11.8. The molecule has 18 heavy (non-hydrogen) atoms. The predicted octanol–water partition coefficient (Wildman–Crippen LogP) is 1.67. The molecule has 1 atom stereocenters. The van der Waals surface area contributed by atoms with Crippen LogP contribution in [0.5, 0.6) is 0 Å². The van der Waals surface area contributed by atoms with Gasteiger partial charge in [-0.05, 0) is 24.1 Å². The molecule has 5 heteroatoms. The van der Waals surface area contributed by atoms with Crippen molar-refractivity contribution < 1.29 is 9.53 Å². The molecule has 0 bridgehead atoms. The average molecular weight is 271 g/mol. The van der Waals surface area contributed by atoms with Crippen LogP contribution in [0, 0.1) is 0 Å². The second-order valence-electron chi connectivity index (χ2n) is 4.05. The van der Waals surface area contributed by atoms with E-state index in [0.29, 0.717) is 24.6 Å². The molecule has 3 N–H and O–H groups in total. The SMILES string of the molecule is CCC(NCCOC)(C(N)=O)c1cccc(Cl)c1. The fourth-order valence-electron chi connectivity index (χ4n) is 1.96. The van der Waals surface area contributed by atoms with E-state index in [-0.39, 0.29) is 0 Å². The summed E-state index contributed by atoms with van der Waals surface area (Å²) in [5.74, 6) is -0.414. The van der Waals surface area contributed by atoms with Gasteiger partial charge in [0.2, 0.25) is 5.91 Å². The Labute approximate surface area is 112 Å². The minimum Gasteiger partial charge on any atom is -0.383 e. The maximum atomic E-state index is 11.8. The zero-order chi connectivity index (χ0) is 13.6. The highest BCUT2D eigenvalue weighted by atomic mass is 35.5. The average Bonchev–Trinajstić information content (AvgIpc) is 2.34. The standard InChI is InChI=1S/C13H19ClN2O2/c1-3-13(12(15)17,16-7-8-18-2)10-5-4-6-11(14)9-10/h4-6,9,16H,3,7-8H2,1-2H3,(H2,15,17). The van der Waals surface area contributed by atoms with Crippen LogP contribution >= 0.6 is 11.6 Å². The summed E-state index contributed by atoms with van der Waals surface area (Å²) in [6.45, 7) is 2.96. The Morgan fingerprint density at radius 3 is 2.78 bits per heavy atom. The molecule has 1 aromatic carbocycles. The van der Waals surface area contributed by atoms with Crippen molar-refractivity contribution in [2.75, 3.05) is 20.3 Å². The zero-order valence-corrected chi connectivity index (χ0v) is 11.5. The van der Waals surface area contributed by atoms with Crippen molar-refractivity contribution in [2.45, 2.75) is 18.9 Å². The molecule has 1 aromatic rings. The van der Waals surface area contributed by atoms with E-state index >= 15 is 0 Å². The lowest BCUT2D eigenvalue weighted by Crippen LogP contribution is -2.53. The predicted molar refractivity (Wildman–Crippen MR) is 72.5 cm³/mol. The summed E-state index contributed by atoms with van der Waals surface area (Å²) in [4.78, 5) is 11.8. The molecule has 0 saturated carbocycles. The van der Waals surface area contributed by atoms with E-state index in [1.165, 1.54) is 0 Å². The molecule has 0 aromatic heterocycles. The minimum atomic E-state index is -0.899. The number of benzene rings is 1. The first kappa shape index (κ1) is 15.0. The second kappa shape index (κ2) is 6.73. The van der Waals surface area contributed by atoms with E-state index in [1.807, 2.05) is 19.1 Å². The summed E-state index contributed by atoms with van der Waals surface area (Å²) in [5.41, 5.74) is 5.44. The maximum Gasteiger partial charge on any atom is 0.242 e. The lowest BCUT2D eigenvalue weighted by atomic mass is 9.86. The molecule has 0 saturated heterocycles. The topological polar surface area (TPSA) is 64.3 Å². The summed E-state index contributed by atoms with van der Waals surface area (Å²) < 4.78 is 4.98. The monoisotopic (exact) mass is 270 g/mol. The molecule has 0 aliphatic rings. The van der Waals surface area contributed by atoms with Crippen LogP contribution in [0.4, 0.5) is 0 Å². The minimum absolute atomic E-state index is 0.414. The quantitative estimate of drug-likeness (QED) is 0.741. The normalized spacial score (nSPS) is 14.2. The number of ether oxygens (including phenoxy) is 1. The number of hydrogen-bond donors (Lipinski definition) is 2. The molecular formula is C13H19ClN2O2. The van der Waals surface area contributed by atoms with E-state index in [0.717, 1.165) is 5.56 Å². The largest absolute Gasteiger partial charge is 0.383 e. The van der Waals surface area contributed by atoms with Crippen LogP contribution in [0.15, 0.2) is 24.3 Å². The summed E-state index contributed by atoms with van der Waals surface area (Å²) >= 11 is 5.97. The number of carbonyl (C=O) groups excluding carboxylic acids is 1. The van der Waals surface area contributed by atoms with Crippen molar-refractivity contribution in [3.63, 3.8) is 0 Å². The number of carbonyl (C=O) groups is 1. The van der Waals surface area contributed by atoms with E-state index in [9.17, 15) is 4.79 Å². The fourth-order valence-corrected chi connectivity index (χ4v) is 2.15. The third-order valence-electron chi connectivity index (χ3n) is 3.00. The summed E-state index contributed by atoms with van der Waals surface area (Å²) in [6.07, 6.45) is 0.548. The van der Waals surface area contributed by atoms with Gasteiger partial charge >= 0.3 is 0 Å². The molecular weight excluding hydrogens is 252 g/mol. The molecule has 0 aliphatic heterocycles. The van der Waals surface area contributed by atoms with Gasteiger partial charge in [-0.15, -0.1) is 0 Å². The number of primary amides is 1. The molecule has 0 fully saturated rings. The van der Waals surface area contributed by atoms with Gasteiger partial charge in [0.25, 0.3) is 0 Å². The first-order valence-corrected chi connectivity index (χ1v) is 6.24. The lowest BCUT2D eigenvalue weighted by molar-refractivity contribution is -0.125. The summed E-state index contributed by atoms with van der Waals surface area (Å²) in [5, 5.41) is 3.75. The Balaban J connectivity index is 3.06. The van der Waals surface area contributed by atoms with Gasteiger partial charge in [0.1, 0.15) is 5.54 Å². The van der Waals surface area contributed by atoms with Crippen molar-refractivity contribution in [1.29, 1.82) is 0 Å². The van der Waals surface area contributed by atoms with Crippen molar-refractivity contribution in [1.82, 2.24) is 5.32 Å². The van der Waals surface area contributed by atoms with Crippen LogP contribution in [-0.4, -0.2) is 26.2 Å². The van der Waals surface area contributed by atoms with E-state index in [2.05, 4.69) is 5.32 Å². The Kier molecular flexibility index (Phi) is 5.59. The first-order chi connectivity index (χ1) is 8.56. The van der Waals surface area contributed by atoms with Gasteiger partial charge in [0.05, 0.1) is 6.61 Å². The Morgan fingerprint density at radius 2 is 2.28 bits per heavy atom. The number of methoxy groups -OCH3 is 1. The van der Waals surface area contributed by atoms with Gasteiger partial charge in [-0.3, -0.25) is 10.1 Å². The van der Waals surface area contributed by atoms with Gasteiger partial charge in [-0.25, -0.2) is 0 Å². The Morgan fingerprint density at radius 1 is 1.56 bits per heavy atom. The van der Waals surface area contributed by atoms with Gasteiger partial charge in [-0.1, -0.05) is 30.7 Å². The van der Waals surface area contributed by atoms with Crippen molar-refractivity contribution in [3.8, 4) is 0 Å². The molecule has 0 spiro atoms. The van der Waals surface area contributed by atoms with Crippen molar-refractivity contribution in [3.05, 3.63) is 34.9 Å². The molecule has 1 amide bonds. The zero-order valence-electron chi connectivity index (χ0n) is 10.7. The van der Waals surface area contributed by atoms with Crippen molar-refractivity contribution in [2.24, 2.45) is 5.73 Å². The van der Waals surface area contributed by atoms with Crippen LogP contribution in [0.1, 0.15) is 18.9 Å². The molecule has 4 nitrogen and oxygen atoms in total. The Bertz CT molecular complexity index is 412. The van der Waals surface area contributed by atoms with Gasteiger partial charge in [0, 0.05) is 18.7 Å². The van der Waals surface area contributed by atoms with Crippen LogP contribution < -0.4 is 11.1 Å². The van der Waals surface area contributed by atoms with Crippen LogP contribution in [-0.2, 0) is 15.1 Å². The number of rotatable bonds is 7. The summed E-state index contributed by atoms with van der Waals surface area (Å²) in [6, 6.07) is 7.18. The van der Waals surface area contributed by atoms with E-state index < -0.39 is 11.4 Å². The van der Waals surface area contributed by atoms with E-state index in [4.69, 9.17) is 22.1 Å². The molecule has 1 unspecified atom stereocenters. The number of nitrogens with two attached hydrogens (primary N) is 1. The van der Waals surface area contributed by atoms with Gasteiger partial charge in [0.15, 0.2) is 0 Å². The first-order valence-electron chi connectivity index (χ1n) is 5.86. The number of amides is 1. The molecule has 0 heterocycles.